The molecule has 1 rings (SSSR count). The molecule has 0 saturated carbocycles. The average molecular weight is 196 g/mol. The Morgan fingerprint density at radius 2 is 2.00 bits per heavy atom. The highest BCUT2D eigenvalue weighted by molar-refractivity contribution is 6.60. The topological polar surface area (TPSA) is 75.5 Å². The van der Waals surface area contributed by atoms with Crippen LogP contribution in [0.5, 0.6) is 5.88 Å². The van der Waals surface area contributed by atoms with Crippen LogP contribution in [0.4, 0.5) is 0 Å². The minimum Gasteiger partial charge on any atom is -0.481 e. The van der Waals surface area contributed by atoms with E-state index >= 15 is 0 Å². The highest BCUT2D eigenvalue weighted by Gasteiger charge is 2.24. The molecule has 0 aliphatic rings. The predicted molar refractivity (Wildman–Crippen MR) is 52.5 cm³/mol. The van der Waals surface area contributed by atoms with Gasteiger partial charge in [0.15, 0.2) is 0 Å². The molecule has 0 amide bonds. The van der Waals surface area contributed by atoms with Crippen LogP contribution in [0.15, 0.2) is 6.33 Å². The average Bonchev–Trinajstić information content (AvgIpc) is 2.16. The van der Waals surface area contributed by atoms with Crippen LogP contribution in [-0.2, 0) is 0 Å². The lowest BCUT2D eigenvalue weighted by molar-refractivity contribution is 0.388. The fourth-order valence-electron chi connectivity index (χ4n) is 1.26. The second-order valence-electron chi connectivity index (χ2n) is 3.21. The molecule has 0 bridgehead atoms. The van der Waals surface area contributed by atoms with Crippen molar-refractivity contribution in [2.75, 3.05) is 7.11 Å². The second kappa shape index (κ2) is 4.39. The molecule has 1 aromatic heterocycles. The summed E-state index contributed by atoms with van der Waals surface area (Å²) in [7, 11) is -0.179. The van der Waals surface area contributed by atoms with Crippen molar-refractivity contribution >= 4 is 12.6 Å². The molecule has 2 N–H and O–H groups in total. The third-order valence-corrected chi connectivity index (χ3v) is 1.88. The first-order valence-corrected chi connectivity index (χ1v) is 4.32. The minimum atomic E-state index is -1.61. The predicted octanol–water partition coefficient (Wildman–Crippen LogP) is -0.712. The largest absolute Gasteiger partial charge is 0.495 e. The molecule has 0 atom stereocenters. The van der Waals surface area contributed by atoms with Crippen LogP contribution < -0.4 is 10.2 Å². The molecular weight excluding hydrogens is 183 g/mol. The van der Waals surface area contributed by atoms with E-state index in [0.717, 1.165) is 0 Å². The summed E-state index contributed by atoms with van der Waals surface area (Å²) in [5.41, 5.74) is 0.830. The fourth-order valence-corrected chi connectivity index (χ4v) is 1.26. The van der Waals surface area contributed by atoms with Gasteiger partial charge in [0, 0.05) is 5.69 Å². The Bertz CT molecular complexity index is 317. The van der Waals surface area contributed by atoms with Gasteiger partial charge in [0.25, 0.3) is 0 Å². The molecule has 0 spiro atoms. The molecule has 0 unspecified atom stereocenters. The maximum atomic E-state index is 9.16. The first-order valence-electron chi connectivity index (χ1n) is 4.32. The molecule has 6 heteroatoms. The first kappa shape index (κ1) is 10.9. The normalized spacial score (nSPS) is 10.4. The molecule has 0 aliphatic heterocycles. The lowest BCUT2D eigenvalue weighted by Gasteiger charge is -2.12. The summed E-state index contributed by atoms with van der Waals surface area (Å²) in [5, 5.41) is 18.3. The monoisotopic (exact) mass is 196 g/mol. The Kier molecular flexibility index (Phi) is 3.43. The zero-order valence-corrected chi connectivity index (χ0v) is 8.43. The molecule has 76 valence electrons. The van der Waals surface area contributed by atoms with Gasteiger partial charge in [0.1, 0.15) is 6.33 Å². The molecule has 1 aromatic rings. The van der Waals surface area contributed by atoms with E-state index in [2.05, 4.69) is 9.97 Å². The van der Waals surface area contributed by atoms with Gasteiger partial charge >= 0.3 is 7.12 Å². The highest BCUT2D eigenvalue weighted by atomic mass is 16.5. The van der Waals surface area contributed by atoms with Crippen LogP contribution in [0, 0.1) is 0 Å². The van der Waals surface area contributed by atoms with Crippen LogP contribution in [-0.4, -0.2) is 34.2 Å². The van der Waals surface area contributed by atoms with Gasteiger partial charge in [-0.2, -0.15) is 0 Å². The van der Waals surface area contributed by atoms with E-state index in [4.69, 9.17) is 14.8 Å². The van der Waals surface area contributed by atoms with Crippen molar-refractivity contribution in [3.05, 3.63) is 12.0 Å². The lowest BCUT2D eigenvalue weighted by Crippen LogP contribution is -2.36. The van der Waals surface area contributed by atoms with E-state index in [1.165, 1.54) is 13.4 Å². The van der Waals surface area contributed by atoms with E-state index in [1.807, 2.05) is 13.8 Å². The standard InChI is InChI=1S/C8H13BN2O3/c1-5(2)7-6(9(12)13)8(14-3)11-4-10-7/h4-5,12-13H,1-3H3. The number of rotatable bonds is 3. The summed E-state index contributed by atoms with van der Waals surface area (Å²) < 4.78 is 4.93. The molecule has 0 aliphatic carbocycles. The smallest absolute Gasteiger partial charge is 0.481 e. The van der Waals surface area contributed by atoms with Crippen molar-refractivity contribution in [1.29, 1.82) is 0 Å². The number of hydrogen-bond donors (Lipinski definition) is 2. The Balaban J connectivity index is 3.28. The third-order valence-electron chi connectivity index (χ3n) is 1.88. The van der Waals surface area contributed by atoms with E-state index in [9.17, 15) is 0 Å². The van der Waals surface area contributed by atoms with Gasteiger partial charge in [0.2, 0.25) is 5.88 Å². The molecule has 0 fully saturated rings. The van der Waals surface area contributed by atoms with Crippen LogP contribution in [0.25, 0.3) is 0 Å². The van der Waals surface area contributed by atoms with Gasteiger partial charge < -0.3 is 14.8 Å². The molecule has 5 nitrogen and oxygen atoms in total. The Labute approximate surface area is 82.9 Å². The van der Waals surface area contributed by atoms with E-state index in [-0.39, 0.29) is 17.3 Å². The van der Waals surface area contributed by atoms with E-state index in [0.29, 0.717) is 5.69 Å². The highest BCUT2D eigenvalue weighted by Crippen LogP contribution is 2.12. The first-order chi connectivity index (χ1) is 6.57. The van der Waals surface area contributed by atoms with Crippen molar-refractivity contribution in [2.24, 2.45) is 0 Å². The molecule has 1 heterocycles. The Morgan fingerprint density at radius 1 is 1.36 bits per heavy atom. The summed E-state index contributed by atoms with van der Waals surface area (Å²) in [5.74, 6) is 0.294. The zero-order valence-electron chi connectivity index (χ0n) is 8.43. The molecule has 14 heavy (non-hydrogen) atoms. The number of aromatic nitrogens is 2. The van der Waals surface area contributed by atoms with Crippen LogP contribution >= 0.6 is 0 Å². The van der Waals surface area contributed by atoms with Gasteiger partial charge in [0.05, 0.1) is 12.6 Å². The number of nitrogens with zero attached hydrogens (tertiary/aromatic N) is 2. The van der Waals surface area contributed by atoms with Crippen molar-refractivity contribution in [3.8, 4) is 5.88 Å². The summed E-state index contributed by atoms with van der Waals surface area (Å²) in [6.45, 7) is 3.82. The Morgan fingerprint density at radius 3 is 2.43 bits per heavy atom. The van der Waals surface area contributed by atoms with Crippen LogP contribution in [0.3, 0.4) is 0 Å². The van der Waals surface area contributed by atoms with Crippen molar-refractivity contribution in [2.45, 2.75) is 19.8 Å². The van der Waals surface area contributed by atoms with Gasteiger partial charge in [-0.05, 0) is 5.92 Å². The van der Waals surface area contributed by atoms with Crippen molar-refractivity contribution in [3.63, 3.8) is 0 Å². The van der Waals surface area contributed by atoms with Gasteiger partial charge in [-0.3, -0.25) is 0 Å². The van der Waals surface area contributed by atoms with E-state index in [1.54, 1.807) is 0 Å². The summed E-state index contributed by atoms with van der Waals surface area (Å²) in [6.07, 6.45) is 1.35. The molecular formula is C8H13BN2O3. The number of hydrogen-bond acceptors (Lipinski definition) is 5. The van der Waals surface area contributed by atoms with Crippen LogP contribution in [0.1, 0.15) is 25.5 Å². The third kappa shape index (κ3) is 2.02. The second-order valence-corrected chi connectivity index (χ2v) is 3.21. The lowest BCUT2D eigenvalue weighted by atomic mass is 9.77. The van der Waals surface area contributed by atoms with Crippen molar-refractivity contribution in [1.82, 2.24) is 9.97 Å². The van der Waals surface area contributed by atoms with Gasteiger partial charge in [-0.25, -0.2) is 9.97 Å². The summed E-state index contributed by atoms with van der Waals surface area (Å²) >= 11 is 0. The molecule has 0 radical (unpaired) electrons. The van der Waals surface area contributed by atoms with E-state index < -0.39 is 7.12 Å². The van der Waals surface area contributed by atoms with Crippen LogP contribution in [0.2, 0.25) is 0 Å². The quantitative estimate of drug-likeness (QED) is 0.624. The maximum absolute atomic E-state index is 9.16. The molecule has 0 aromatic carbocycles. The number of methoxy groups -OCH3 is 1. The maximum Gasteiger partial charge on any atom is 0.495 e. The fraction of sp³-hybridized carbons (Fsp3) is 0.500. The Hall–Kier alpha value is -1.14. The van der Waals surface area contributed by atoms with Gasteiger partial charge in [-0.15, -0.1) is 0 Å². The molecule has 0 saturated heterocycles. The summed E-state index contributed by atoms with van der Waals surface area (Å²) in [6, 6.07) is 0. The summed E-state index contributed by atoms with van der Waals surface area (Å²) in [4.78, 5) is 7.81. The minimum absolute atomic E-state index is 0.0868. The number of ether oxygens (including phenoxy) is 1. The van der Waals surface area contributed by atoms with Gasteiger partial charge in [-0.1, -0.05) is 13.8 Å². The zero-order chi connectivity index (χ0) is 10.7. The van der Waals surface area contributed by atoms with Crippen molar-refractivity contribution < 1.29 is 14.8 Å². The SMILES string of the molecule is COc1ncnc(C(C)C)c1B(O)O.